The number of carbonyl (C=O) groups is 2. The lowest BCUT2D eigenvalue weighted by Crippen LogP contribution is -2.18. The maximum atomic E-state index is 12.5. The lowest BCUT2D eigenvalue weighted by molar-refractivity contribution is 0.0248. The van der Waals surface area contributed by atoms with E-state index >= 15 is 0 Å². The van der Waals surface area contributed by atoms with E-state index in [0.29, 0.717) is 5.56 Å². The molecular weight excluding hydrogens is 352 g/mol. The molecule has 0 saturated carbocycles. The summed E-state index contributed by atoms with van der Waals surface area (Å²) in [5.74, 6) is -1.34. The summed E-state index contributed by atoms with van der Waals surface area (Å²) in [6, 6.07) is 5.97. The fourth-order valence-corrected chi connectivity index (χ4v) is 3.36. The van der Waals surface area contributed by atoms with Gasteiger partial charge in [-0.3, -0.25) is 0 Å². The molecule has 28 heavy (non-hydrogen) atoms. The third-order valence-electron chi connectivity index (χ3n) is 5.15. The number of aromatic carboxylic acids is 1. The number of esters is 1. The summed E-state index contributed by atoms with van der Waals surface area (Å²) in [5, 5.41) is 8.97. The van der Waals surface area contributed by atoms with Crippen molar-refractivity contribution in [3.63, 3.8) is 0 Å². The van der Waals surface area contributed by atoms with Gasteiger partial charge in [-0.05, 0) is 49.9 Å². The van der Waals surface area contributed by atoms with Crippen LogP contribution in [-0.2, 0) is 4.74 Å². The minimum atomic E-state index is -0.993. The highest BCUT2D eigenvalue weighted by Crippen LogP contribution is 2.18. The largest absolute Gasteiger partial charge is 0.478 e. The number of unbranched alkanes of at least 4 members (excludes halogenated alkanes) is 9. The lowest BCUT2D eigenvalue weighted by Gasteiger charge is -2.18. The van der Waals surface area contributed by atoms with Crippen molar-refractivity contribution in [2.45, 2.75) is 103 Å². The first kappa shape index (κ1) is 24.2. The zero-order valence-corrected chi connectivity index (χ0v) is 17.8. The number of rotatable bonds is 16. The molecule has 1 aromatic rings. The maximum Gasteiger partial charge on any atom is 0.338 e. The Morgan fingerprint density at radius 2 is 1.18 bits per heavy atom. The number of carboxylic acids is 1. The van der Waals surface area contributed by atoms with Crippen molar-refractivity contribution in [2.75, 3.05) is 0 Å². The molecule has 1 rings (SSSR count). The molecule has 1 atom stereocenters. The molecule has 158 valence electrons. The van der Waals surface area contributed by atoms with E-state index in [1.54, 1.807) is 0 Å². The van der Waals surface area contributed by atoms with Gasteiger partial charge < -0.3 is 9.84 Å². The zero-order valence-electron chi connectivity index (χ0n) is 17.8. The molecule has 0 spiro atoms. The second kappa shape index (κ2) is 15.1. The monoisotopic (exact) mass is 390 g/mol. The Kier molecular flexibility index (Phi) is 13.1. The van der Waals surface area contributed by atoms with Crippen molar-refractivity contribution >= 4 is 11.9 Å². The molecule has 0 aromatic heterocycles. The molecule has 0 heterocycles. The van der Waals surface area contributed by atoms with Gasteiger partial charge in [0.2, 0.25) is 0 Å². The summed E-state index contributed by atoms with van der Waals surface area (Å²) in [5.41, 5.74) is 0.596. The van der Waals surface area contributed by atoms with Crippen molar-refractivity contribution in [3.05, 3.63) is 35.4 Å². The molecule has 4 nitrogen and oxygen atoms in total. The third kappa shape index (κ3) is 10.5. The number of hydrogen-bond donors (Lipinski definition) is 1. The molecule has 0 radical (unpaired) electrons. The summed E-state index contributed by atoms with van der Waals surface area (Å²) >= 11 is 0. The molecule has 0 aliphatic heterocycles. The van der Waals surface area contributed by atoms with Crippen LogP contribution in [0.5, 0.6) is 0 Å². The van der Waals surface area contributed by atoms with E-state index < -0.39 is 5.97 Å². The molecule has 1 aromatic carbocycles. The molecule has 1 unspecified atom stereocenters. The summed E-state index contributed by atoms with van der Waals surface area (Å²) in [7, 11) is 0. The lowest BCUT2D eigenvalue weighted by atomic mass is 10.0. The molecule has 0 fully saturated rings. The highest BCUT2D eigenvalue weighted by Gasteiger charge is 2.16. The van der Waals surface area contributed by atoms with Gasteiger partial charge >= 0.3 is 11.9 Å². The van der Waals surface area contributed by atoms with E-state index in [2.05, 4.69) is 13.8 Å². The van der Waals surface area contributed by atoms with E-state index in [1.807, 2.05) is 0 Å². The predicted molar refractivity (Wildman–Crippen MR) is 114 cm³/mol. The van der Waals surface area contributed by atoms with Crippen LogP contribution in [0, 0.1) is 0 Å². The molecule has 0 aliphatic carbocycles. The maximum absolute atomic E-state index is 12.5. The summed E-state index contributed by atoms with van der Waals surface area (Å²) in [4.78, 5) is 23.4. The standard InChI is InChI=1S/C24H38O4/c1-3-5-7-9-10-11-13-15-22(14-12-8-6-4-2)28-24(27)21-18-16-20(17-19-21)23(25)26/h16-19,22H,3-15H2,1-2H3,(H,25,26). The first-order chi connectivity index (χ1) is 13.6. The van der Waals surface area contributed by atoms with Crippen molar-refractivity contribution in [1.82, 2.24) is 0 Å². The predicted octanol–water partition coefficient (Wildman–Crippen LogP) is 7.02. The number of hydrogen-bond acceptors (Lipinski definition) is 3. The highest BCUT2D eigenvalue weighted by molar-refractivity contribution is 5.92. The van der Waals surface area contributed by atoms with Gasteiger partial charge in [0.1, 0.15) is 6.10 Å². The fourth-order valence-electron chi connectivity index (χ4n) is 3.36. The van der Waals surface area contributed by atoms with Gasteiger partial charge in [-0.15, -0.1) is 0 Å². The van der Waals surface area contributed by atoms with Crippen molar-refractivity contribution in [2.24, 2.45) is 0 Å². The van der Waals surface area contributed by atoms with Gasteiger partial charge in [0.25, 0.3) is 0 Å². The second-order valence-corrected chi connectivity index (χ2v) is 7.67. The SMILES string of the molecule is CCCCCCCCCC(CCCCCC)OC(=O)c1ccc(C(=O)O)cc1. The molecule has 0 aliphatic rings. The first-order valence-electron chi connectivity index (χ1n) is 11.1. The molecule has 1 N–H and O–H groups in total. The fraction of sp³-hybridized carbons (Fsp3) is 0.667. The van der Waals surface area contributed by atoms with Crippen molar-refractivity contribution < 1.29 is 19.4 Å². The van der Waals surface area contributed by atoms with Crippen LogP contribution >= 0.6 is 0 Å². The van der Waals surface area contributed by atoms with E-state index in [-0.39, 0.29) is 17.6 Å². The van der Waals surface area contributed by atoms with Gasteiger partial charge in [-0.2, -0.15) is 0 Å². The summed E-state index contributed by atoms with van der Waals surface area (Å²) in [6.45, 7) is 4.42. The Balaban J connectivity index is 2.48. The van der Waals surface area contributed by atoms with Gasteiger partial charge in [0.15, 0.2) is 0 Å². The number of carbonyl (C=O) groups excluding carboxylic acids is 1. The molecule has 0 amide bonds. The Bertz CT molecular complexity index is 550. The van der Waals surface area contributed by atoms with Crippen LogP contribution in [0.4, 0.5) is 0 Å². The van der Waals surface area contributed by atoms with Gasteiger partial charge in [0, 0.05) is 0 Å². The topological polar surface area (TPSA) is 63.6 Å². The van der Waals surface area contributed by atoms with Gasteiger partial charge in [-0.25, -0.2) is 9.59 Å². The molecular formula is C24H38O4. The minimum absolute atomic E-state index is 0.0425. The van der Waals surface area contributed by atoms with Crippen LogP contribution in [0.3, 0.4) is 0 Å². The molecule has 4 heteroatoms. The van der Waals surface area contributed by atoms with Crippen LogP contribution in [0.1, 0.15) is 118 Å². The van der Waals surface area contributed by atoms with Gasteiger partial charge in [-0.1, -0.05) is 71.6 Å². The third-order valence-corrected chi connectivity index (χ3v) is 5.15. The number of benzene rings is 1. The Hall–Kier alpha value is -1.84. The van der Waals surface area contributed by atoms with Gasteiger partial charge in [0.05, 0.1) is 11.1 Å². The molecule has 0 saturated heterocycles. The summed E-state index contributed by atoms with van der Waals surface area (Å²) < 4.78 is 5.78. The smallest absolute Gasteiger partial charge is 0.338 e. The average Bonchev–Trinajstić information content (AvgIpc) is 2.70. The quantitative estimate of drug-likeness (QED) is 0.243. The second-order valence-electron chi connectivity index (χ2n) is 7.67. The number of carboxylic acid groups (broad SMARTS) is 1. The summed E-state index contributed by atoms with van der Waals surface area (Å²) in [6.07, 6.45) is 15.2. The zero-order chi connectivity index (χ0) is 20.6. The first-order valence-corrected chi connectivity index (χ1v) is 11.1. The van der Waals surface area contributed by atoms with E-state index in [9.17, 15) is 9.59 Å². The normalized spacial score (nSPS) is 11.9. The number of ether oxygens (including phenoxy) is 1. The van der Waals surface area contributed by atoms with Crippen LogP contribution in [0.25, 0.3) is 0 Å². The van der Waals surface area contributed by atoms with Crippen LogP contribution in [0.2, 0.25) is 0 Å². The minimum Gasteiger partial charge on any atom is -0.478 e. The highest BCUT2D eigenvalue weighted by atomic mass is 16.5. The van der Waals surface area contributed by atoms with Crippen molar-refractivity contribution in [3.8, 4) is 0 Å². The van der Waals surface area contributed by atoms with Crippen LogP contribution in [0.15, 0.2) is 24.3 Å². The average molecular weight is 391 g/mol. The van der Waals surface area contributed by atoms with E-state index in [4.69, 9.17) is 9.84 Å². The Morgan fingerprint density at radius 1 is 0.750 bits per heavy atom. The molecule has 0 bridgehead atoms. The van der Waals surface area contributed by atoms with E-state index in [1.165, 1.54) is 82.1 Å². The Labute approximate surface area is 170 Å². The van der Waals surface area contributed by atoms with E-state index in [0.717, 1.165) is 25.7 Å². The van der Waals surface area contributed by atoms with Crippen LogP contribution < -0.4 is 0 Å². The van der Waals surface area contributed by atoms with Crippen molar-refractivity contribution in [1.29, 1.82) is 0 Å². The Morgan fingerprint density at radius 3 is 1.68 bits per heavy atom. The van der Waals surface area contributed by atoms with Crippen LogP contribution in [-0.4, -0.2) is 23.1 Å².